The topological polar surface area (TPSA) is 678 Å². The average molecular weight is 1410 g/mol. The Labute approximate surface area is 543 Å². The third-order valence-electron chi connectivity index (χ3n) is 17.1. The van der Waals surface area contributed by atoms with E-state index in [4.69, 9.17) is 61.6 Å². The van der Waals surface area contributed by atoms with Gasteiger partial charge in [0, 0.05) is 34.1 Å². The number of aliphatic carboxylic acids is 1. The van der Waals surface area contributed by atoms with E-state index in [2.05, 4.69) is 21.3 Å². The molecule has 0 aromatic carbocycles. The molecule has 25 N–H and O–H groups in total. The second-order valence-corrected chi connectivity index (χ2v) is 24.0. The molecule has 0 spiro atoms. The summed E-state index contributed by atoms with van der Waals surface area (Å²) < 4.78 is 75.1. The van der Waals surface area contributed by atoms with E-state index < -0.39 is 303 Å². The Morgan fingerprint density at radius 2 is 0.802 bits per heavy atom. The summed E-state index contributed by atoms with van der Waals surface area (Å²) in [5.74, 6) is -8.33. The second kappa shape index (κ2) is 34.1. The first-order valence-corrected chi connectivity index (χ1v) is 30.2. The average Bonchev–Trinajstić information content (AvgIpc) is 0.761. The summed E-state index contributed by atoms with van der Waals surface area (Å²) in [6.45, 7) is -3.42. The van der Waals surface area contributed by atoms with Gasteiger partial charge in [-0.25, -0.2) is 4.79 Å². The van der Waals surface area contributed by atoms with E-state index in [0.717, 1.165) is 27.7 Å². The highest BCUT2D eigenvalue weighted by molar-refractivity contribution is 5.77. The minimum Gasteiger partial charge on any atom is -0.477 e. The van der Waals surface area contributed by atoms with Crippen molar-refractivity contribution < 1.29 is 193 Å². The van der Waals surface area contributed by atoms with Crippen LogP contribution in [0, 0.1) is 0 Å². The van der Waals surface area contributed by atoms with Gasteiger partial charge in [0.05, 0.1) is 58.4 Å². The number of carbonyl (C=O) groups excluding carboxylic acids is 4. The van der Waals surface area contributed by atoms with Gasteiger partial charge in [-0.05, 0) is 0 Å². The quantitative estimate of drug-likeness (QED) is 0.0382. The first-order chi connectivity index (χ1) is 45.2. The molecular weight excluding hydrogens is 1320 g/mol. The first kappa shape index (κ1) is 79.4. The molecule has 43 nitrogen and oxygen atoms in total. The Balaban J connectivity index is 1.06. The number of carbonyl (C=O) groups is 5. The molecule has 7 saturated heterocycles. The Kier molecular flexibility index (Phi) is 28.2. The lowest BCUT2D eigenvalue weighted by Gasteiger charge is -2.50. The van der Waals surface area contributed by atoms with E-state index in [1.54, 1.807) is 0 Å². The van der Waals surface area contributed by atoms with Crippen LogP contribution in [0.25, 0.3) is 0 Å². The Hall–Kier alpha value is -3.97. The smallest absolute Gasteiger partial charge is 0.364 e. The Morgan fingerprint density at radius 3 is 1.24 bits per heavy atom. The van der Waals surface area contributed by atoms with Crippen molar-refractivity contribution >= 4 is 29.6 Å². The van der Waals surface area contributed by atoms with Gasteiger partial charge in [0.15, 0.2) is 37.7 Å². The van der Waals surface area contributed by atoms with E-state index in [-0.39, 0.29) is 0 Å². The number of nitrogens with one attached hydrogen (secondary N) is 4. The SMILES string of the molecule is CC(=O)N[C@@H]1[C@@H](O)[C@H](O[C@@H]2O[C@H](CO)[C@@H](O[C@@H]3O[C@H](CO[C@H]4O[C@H](CO)[C@@H](O)[C@H](O)[C@@H]4O[C@@H]4O[C@H](CO)[C@@H](O[C@@H]5O[C@H](CO[C@]6(C(=O)O)C[C@H](O)[C@@H](NC(C)=O)[C@H]([C@H](O)[C@H](O)CO)O6)[C@H](O)[C@H](O)[C@H]5O)[C@H](O)[C@H]4NC(C)=O)[C@@H](O)[C@H](O)[C@@H]3O)[C@H](O)[C@H]2NC(C)=O)[C@@H](CO)O[C@H]1O. The summed E-state index contributed by atoms with van der Waals surface area (Å²) in [7, 11) is 0. The predicted octanol–water partition coefficient (Wildman–Crippen LogP) is -16.5. The molecule has 0 aliphatic carbocycles. The van der Waals surface area contributed by atoms with Crippen molar-refractivity contribution in [3.8, 4) is 0 Å². The van der Waals surface area contributed by atoms with Crippen LogP contribution < -0.4 is 21.3 Å². The van der Waals surface area contributed by atoms with Crippen molar-refractivity contribution in [1.82, 2.24) is 21.3 Å². The minimum absolute atomic E-state index is 0.728. The molecule has 554 valence electrons. The molecule has 0 unspecified atom stereocenters. The predicted molar refractivity (Wildman–Crippen MR) is 295 cm³/mol. The highest BCUT2D eigenvalue weighted by Gasteiger charge is 2.60. The van der Waals surface area contributed by atoms with Crippen LogP contribution in [-0.4, -0.2) is 403 Å². The van der Waals surface area contributed by atoms with Crippen LogP contribution in [0.2, 0.25) is 0 Å². The number of hydrogen-bond donors (Lipinski definition) is 25. The van der Waals surface area contributed by atoms with Crippen molar-refractivity contribution in [3.05, 3.63) is 0 Å². The summed E-state index contributed by atoms with van der Waals surface area (Å²) in [6.07, 6.45) is -63.5. The van der Waals surface area contributed by atoms with Crippen LogP contribution >= 0.6 is 0 Å². The lowest BCUT2D eigenvalue weighted by atomic mass is 9.88. The van der Waals surface area contributed by atoms with E-state index >= 15 is 0 Å². The standard InChI is InChI=1S/C53H88N4O39/c1-13(63)54-25-17(67)5-53(52(82)83,96-44(25)29(69)18(68)6-58)85-12-24-32(72)37(77)40(80)50(91-24)94-43-22(10-62)89-48(28(35(43)75)57-16(4)66)95-45-38(78)30(70)19(7-59)87-51(45)84-11-23-31(71)36(76)39(79)49(90-23)93-42-21(9-61)88-47(27(34(42)74)56-15(3)65)92-41-20(8-60)86-46(81)26(33(41)73)55-14(2)64/h17-51,58-62,67-81H,5-12H2,1-4H3,(H,54,63)(H,55,64)(H,56,65)(H,57,66)(H,82,83)/t17-,18+,19+,20+,21+,22+,23+,24+,25+,26+,27+,28+,29+,30+,31+,32-,33+,34+,35+,36-,37-,38-,39-,40+,41+,42+,43+,44+,45-,46+,47-,48-,49-,50-,51-,53+/m0/s1. The lowest BCUT2D eigenvalue weighted by molar-refractivity contribution is -0.381. The number of ether oxygens (including phenoxy) is 13. The number of carboxylic acid groups (broad SMARTS) is 1. The largest absolute Gasteiger partial charge is 0.477 e. The molecule has 0 bridgehead atoms. The minimum atomic E-state index is -3.02. The number of hydrogen-bond acceptors (Lipinski definition) is 38. The van der Waals surface area contributed by atoms with Gasteiger partial charge in [0.2, 0.25) is 23.6 Å². The van der Waals surface area contributed by atoms with Crippen molar-refractivity contribution in [2.75, 3.05) is 46.2 Å². The third-order valence-corrected chi connectivity index (χ3v) is 17.1. The van der Waals surface area contributed by atoms with Gasteiger partial charge < -0.3 is 190 Å². The highest BCUT2D eigenvalue weighted by Crippen LogP contribution is 2.39. The van der Waals surface area contributed by atoms with Gasteiger partial charge >= 0.3 is 5.97 Å². The number of aliphatic hydroxyl groups is 20. The molecule has 0 aromatic rings. The van der Waals surface area contributed by atoms with E-state index in [9.17, 15) is 131 Å². The normalized spacial score (nSPS) is 46.0. The van der Waals surface area contributed by atoms with Crippen LogP contribution in [0.1, 0.15) is 34.1 Å². The van der Waals surface area contributed by atoms with Crippen molar-refractivity contribution in [3.63, 3.8) is 0 Å². The number of carboxylic acids is 1. The van der Waals surface area contributed by atoms with Gasteiger partial charge in [-0.3, -0.25) is 19.2 Å². The van der Waals surface area contributed by atoms with Gasteiger partial charge in [0.25, 0.3) is 5.79 Å². The summed E-state index contributed by atoms with van der Waals surface area (Å²) in [4.78, 5) is 62.1. The van der Waals surface area contributed by atoms with Crippen LogP contribution in [0.3, 0.4) is 0 Å². The fourth-order valence-electron chi connectivity index (χ4n) is 12.1. The Bertz CT molecular complexity index is 2540. The molecule has 0 saturated carbocycles. The van der Waals surface area contributed by atoms with E-state index in [1.807, 2.05) is 0 Å². The molecule has 4 amide bonds. The van der Waals surface area contributed by atoms with Crippen LogP contribution in [-0.2, 0) is 85.6 Å². The molecule has 7 rings (SSSR count). The van der Waals surface area contributed by atoms with Gasteiger partial charge in [-0.15, -0.1) is 0 Å². The Morgan fingerprint density at radius 1 is 0.427 bits per heavy atom. The fourth-order valence-corrected chi connectivity index (χ4v) is 12.1. The second-order valence-electron chi connectivity index (χ2n) is 24.0. The molecular formula is C53H88N4O39. The zero-order chi connectivity index (χ0) is 71.3. The van der Waals surface area contributed by atoms with E-state index in [0.29, 0.717) is 0 Å². The summed E-state index contributed by atoms with van der Waals surface area (Å²) in [5.41, 5.74) is 0. The summed E-state index contributed by atoms with van der Waals surface area (Å²) in [5, 5.41) is 238. The molecule has 96 heavy (non-hydrogen) atoms. The fraction of sp³-hybridized carbons (Fsp3) is 0.906. The van der Waals surface area contributed by atoms with Gasteiger partial charge in [-0.1, -0.05) is 0 Å². The first-order valence-electron chi connectivity index (χ1n) is 30.2. The van der Waals surface area contributed by atoms with Crippen molar-refractivity contribution in [2.24, 2.45) is 0 Å². The zero-order valence-corrected chi connectivity index (χ0v) is 51.6. The number of amides is 4. The zero-order valence-electron chi connectivity index (χ0n) is 51.6. The lowest BCUT2D eigenvalue weighted by Crippen LogP contribution is -2.70. The summed E-state index contributed by atoms with van der Waals surface area (Å²) >= 11 is 0. The molecule has 43 heteroatoms. The van der Waals surface area contributed by atoms with Gasteiger partial charge in [0.1, 0.15) is 165 Å². The monoisotopic (exact) mass is 1400 g/mol. The highest BCUT2D eigenvalue weighted by atomic mass is 16.8. The molecule has 0 aromatic heterocycles. The molecule has 7 aliphatic heterocycles. The van der Waals surface area contributed by atoms with Crippen molar-refractivity contribution in [2.45, 2.75) is 254 Å². The molecule has 36 atom stereocenters. The van der Waals surface area contributed by atoms with Crippen LogP contribution in [0.4, 0.5) is 0 Å². The maximum atomic E-state index is 12.8. The van der Waals surface area contributed by atoms with Crippen LogP contribution in [0.15, 0.2) is 0 Å². The molecule has 7 aliphatic rings. The molecule has 7 heterocycles. The summed E-state index contributed by atoms with van der Waals surface area (Å²) in [6, 6.07) is -6.82. The maximum absolute atomic E-state index is 12.8. The molecule has 7 fully saturated rings. The maximum Gasteiger partial charge on any atom is 0.364 e. The van der Waals surface area contributed by atoms with Gasteiger partial charge in [-0.2, -0.15) is 0 Å². The van der Waals surface area contributed by atoms with Crippen LogP contribution in [0.5, 0.6) is 0 Å². The third kappa shape index (κ3) is 17.7. The van der Waals surface area contributed by atoms with E-state index in [1.165, 1.54) is 0 Å². The number of rotatable bonds is 26. The molecule has 0 radical (unpaired) electrons. The van der Waals surface area contributed by atoms with Crippen molar-refractivity contribution in [1.29, 1.82) is 0 Å². The number of aliphatic hydroxyl groups excluding tert-OH is 20.